The molecular formula is C13H22N2O4. The van der Waals surface area contributed by atoms with E-state index in [1.54, 1.807) is 0 Å². The molecule has 2 fully saturated rings. The number of carbonyl (C=O) groups excluding carboxylic acids is 1. The molecule has 0 aromatic heterocycles. The van der Waals surface area contributed by atoms with Crippen LogP contribution in [0.25, 0.3) is 0 Å². The van der Waals surface area contributed by atoms with Crippen molar-refractivity contribution >= 4 is 11.9 Å². The van der Waals surface area contributed by atoms with Crippen LogP contribution in [0.2, 0.25) is 0 Å². The summed E-state index contributed by atoms with van der Waals surface area (Å²) in [7, 11) is 0. The fourth-order valence-electron chi connectivity index (χ4n) is 2.75. The van der Waals surface area contributed by atoms with E-state index in [2.05, 4.69) is 12.2 Å². The second-order valence-corrected chi connectivity index (χ2v) is 5.98. The first kappa shape index (κ1) is 14.3. The zero-order chi connectivity index (χ0) is 14.1. The zero-order valence-corrected chi connectivity index (χ0v) is 11.3. The van der Waals surface area contributed by atoms with Gasteiger partial charge in [-0.25, -0.2) is 4.79 Å². The number of aliphatic carboxylic acids is 1. The summed E-state index contributed by atoms with van der Waals surface area (Å²) >= 11 is 0. The Morgan fingerprint density at radius 1 is 1.32 bits per heavy atom. The van der Waals surface area contributed by atoms with Gasteiger partial charge >= 0.3 is 5.97 Å². The highest BCUT2D eigenvalue weighted by Gasteiger charge is 2.47. The summed E-state index contributed by atoms with van der Waals surface area (Å²) in [6.45, 7) is 2.70. The standard InChI is InChI=1S/C13H22N2O4/c1-9-2-4-13(5-3-9,11(17)18)15-10(16)12(14)6-7-19-8-12/h9H,2-8,14H2,1H3,(H,15,16)(H,17,18). The summed E-state index contributed by atoms with van der Waals surface area (Å²) in [4.78, 5) is 23.8. The topological polar surface area (TPSA) is 102 Å². The molecular weight excluding hydrogens is 248 g/mol. The Morgan fingerprint density at radius 3 is 2.42 bits per heavy atom. The van der Waals surface area contributed by atoms with Gasteiger partial charge in [-0.2, -0.15) is 0 Å². The van der Waals surface area contributed by atoms with Crippen molar-refractivity contribution in [3.63, 3.8) is 0 Å². The largest absolute Gasteiger partial charge is 0.480 e. The molecule has 0 bridgehead atoms. The Bertz CT molecular complexity index is 369. The molecule has 1 aliphatic carbocycles. The fraction of sp³-hybridized carbons (Fsp3) is 0.846. The van der Waals surface area contributed by atoms with E-state index in [0.29, 0.717) is 31.8 Å². The van der Waals surface area contributed by atoms with Gasteiger partial charge in [0, 0.05) is 6.61 Å². The minimum absolute atomic E-state index is 0.158. The van der Waals surface area contributed by atoms with Crippen LogP contribution in [0.4, 0.5) is 0 Å². The number of carbonyl (C=O) groups is 2. The predicted octanol–water partition coefficient (Wildman–Crippen LogP) is 0.254. The number of hydrogen-bond donors (Lipinski definition) is 3. The molecule has 0 aromatic rings. The molecule has 1 aliphatic heterocycles. The number of nitrogens with one attached hydrogen (secondary N) is 1. The third-order valence-electron chi connectivity index (χ3n) is 4.39. The van der Waals surface area contributed by atoms with Crippen molar-refractivity contribution in [1.29, 1.82) is 0 Å². The van der Waals surface area contributed by atoms with Crippen LogP contribution in [0.3, 0.4) is 0 Å². The lowest BCUT2D eigenvalue weighted by atomic mass is 9.76. The van der Waals surface area contributed by atoms with Gasteiger partial charge in [0.1, 0.15) is 11.1 Å². The van der Waals surface area contributed by atoms with Crippen LogP contribution in [0.15, 0.2) is 0 Å². The lowest BCUT2D eigenvalue weighted by molar-refractivity contribution is -0.150. The van der Waals surface area contributed by atoms with E-state index in [1.165, 1.54) is 0 Å². The van der Waals surface area contributed by atoms with Crippen molar-refractivity contribution in [2.24, 2.45) is 11.7 Å². The molecule has 6 heteroatoms. The van der Waals surface area contributed by atoms with Gasteiger partial charge in [-0.1, -0.05) is 6.92 Å². The predicted molar refractivity (Wildman–Crippen MR) is 68.5 cm³/mol. The molecule has 1 saturated heterocycles. The summed E-state index contributed by atoms with van der Waals surface area (Å²) in [6, 6.07) is 0. The van der Waals surface area contributed by atoms with Crippen molar-refractivity contribution in [2.75, 3.05) is 13.2 Å². The van der Waals surface area contributed by atoms with Gasteiger partial charge in [-0.3, -0.25) is 4.79 Å². The van der Waals surface area contributed by atoms with E-state index in [0.717, 1.165) is 12.8 Å². The fourth-order valence-corrected chi connectivity index (χ4v) is 2.75. The number of amides is 1. The highest BCUT2D eigenvalue weighted by molar-refractivity contribution is 5.92. The second kappa shape index (κ2) is 5.09. The lowest BCUT2D eigenvalue weighted by Gasteiger charge is -2.38. The van der Waals surface area contributed by atoms with Crippen LogP contribution in [0.5, 0.6) is 0 Å². The van der Waals surface area contributed by atoms with Crippen LogP contribution in [0, 0.1) is 5.92 Å². The van der Waals surface area contributed by atoms with E-state index in [4.69, 9.17) is 10.5 Å². The van der Waals surface area contributed by atoms with Crippen molar-refractivity contribution < 1.29 is 19.4 Å². The van der Waals surface area contributed by atoms with Gasteiger partial charge in [-0.15, -0.1) is 0 Å². The van der Waals surface area contributed by atoms with Gasteiger partial charge in [0.25, 0.3) is 0 Å². The molecule has 6 nitrogen and oxygen atoms in total. The molecule has 0 aromatic carbocycles. The monoisotopic (exact) mass is 270 g/mol. The number of ether oxygens (including phenoxy) is 1. The maximum Gasteiger partial charge on any atom is 0.329 e. The number of carboxylic acid groups (broad SMARTS) is 1. The molecule has 1 amide bonds. The number of nitrogens with two attached hydrogens (primary N) is 1. The average molecular weight is 270 g/mol. The third-order valence-corrected chi connectivity index (χ3v) is 4.39. The van der Waals surface area contributed by atoms with Crippen molar-refractivity contribution in [3.8, 4) is 0 Å². The van der Waals surface area contributed by atoms with Crippen molar-refractivity contribution in [3.05, 3.63) is 0 Å². The quantitative estimate of drug-likeness (QED) is 0.682. The van der Waals surface area contributed by atoms with Crippen LogP contribution >= 0.6 is 0 Å². The molecule has 1 saturated carbocycles. The molecule has 1 heterocycles. The molecule has 108 valence electrons. The lowest BCUT2D eigenvalue weighted by Crippen LogP contribution is -2.64. The maximum absolute atomic E-state index is 12.2. The van der Waals surface area contributed by atoms with Gasteiger partial charge in [0.2, 0.25) is 5.91 Å². The molecule has 1 unspecified atom stereocenters. The van der Waals surface area contributed by atoms with Crippen LogP contribution in [0.1, 0.15) is 39.0 Å². The number of carboxylic acids is 1. The average Bonchev–Trinajstić information content (AvgIpc) is 2.80. The summed E-state index contributed by atoms with van der Waals surface area (Å²) in [6.07, 6.45) is 2.98. The van der Waals surface area contributed by atoms with Gasteiger partial charge in [0.05, 0.1) is 6.61 Å². The van der Waals surface area contributed by atoms with Crippen molar-refractivity contribution in [1.82, 2.24) is 5.32 Å². The Morgan fingerprint density at radius 2 is 1.95 bits per heavy atom. The van der Waals surface area contributed by atoms with Crippen LogP contribution in [-0.4, -0.2) is 41.3 Å². The summed E-state index contributed by atoms with van der Waals surface area (Å²) in [5, 5.41) is 12.2. The maximum atomic E-state index is 12.2. The van der Waals surface area contributed by atoms with Gasteiger partial charge < -0.3 is 20.9 Å². The second-order valence-electron chi connectivity index (χ2n) is 5.98. The molecule has 0 radical (unpaired) electrons. The number of rotatable bonds is 3. The van der Waals surface area contributed by atoms with E-state index in [-0.39, 0.29) is 6.61 Å². The molecule has 2 aliphatic rings. The normalized spacial score (nSPS) is 38.9. The van der Waals surface area contributed by atoms with Crippen LogP contribution in [-0.2, 0) is 14.3 Å². The van der Waals surface area contributed by atoms with E-state index >= 15 is 0 Å². The first-order valence-electron chi connectivity index (χ1n) is 6.81. The highest BCUT2D eigenvalue weighted by atomic mass is 16.5. The highest BCUT2D eigenvalue weighted by Crippen LogP contribution is 2.33. The smallest absolute Gasteiger partial charge is 0.329 e. The first-order valence-corrected chi connectivity index (χ1v) is 6.81. The van der Waals surface area contributed by atoms with Gasteiger partial charge in [0.15, 0.2) is 0 Å². The van der Waals surface area contributed by atoms with E-state index in [9.17, 15) is 14.7 Å². The van der Waals surface area contributed by atoms with Gasteiger partial charge in [-0.05, 0) is 38.0 Å². The molecule has 1 atom stereocenters. The Balaban J connectivity index is 2.09. The summed E-state index contributed by atoms with van der Waals surface area (Å²) in [5.41, 5.74) is 3.74. The van der Waals surface area contributed by atoms with Crippen LogP contribution < -0.4 is 11.1 Å². The SMILES string of the molecule is CC1CCC(NC(=O)C2(N)CCOC2)(C(=O)O)CC1. The Kier molecular flexibility index (Phi) is 3.82. The molecule has 2 rings (SSSR count). The summed E-state index contributed by atoms with van der Waals surface area (Å²) < 4.78 is 5.15. The third kappa shape index (κ3) is 2.74. The molecule has 0 spiro atoms. The molecule has 19 heavy (non-hydrogen) atoms. The Labute approximate surface area is 112 Å². The molecule has 4 N–H and O–H groups in total. The number of hydrogen-bond acceptors (Lipinski definition) is 4. The first-order chi connectivity index (χ1) is 8.88. The van der Waals surface area contributed by atoms with E-state index < -0.39 is 23.0 Å². The minimum atomic E-state index is -1.15. The van der Waals surface area contributed by atoms with E-state index in [1.807, 2.05) is 0 Å². The van der Waals surface area contributed by atoms with Crippen molar-refractivity contribution in [2.45, 2.75) is 50.1 Å². The summed E-state index contributed by atoms with van der Waals surface area (Å²) in [5.74, 6) is -0.858. The zero-order valence-electron chi connectivity index (χ0n) is 11.3. The minimum Gasteiger partial charge on any atom is -0.480 e. The Hall–Kier alpha value is -1.14.